The third-order valence-electron chi connectivity index (χ3n) is 2.72. The molecule has 0 heterocycles. The van der Waals surface area contributed by atoms with E-state index in [1.165, 1.54) is 6.92 Å². The maximum Gasteiger partial charge on any atom is 0.237 e. The molecule has 1 aromatic carbocycles. The first-order valence-electron chi connectivity index (χ1n) is 6.43. The Morgan fingerprint density at radius 3 is 2.30 bits per heavy atom. The highest BCUT2D eigenvalue weighted by molar-refractivity contribution is 7.88. The van der Waals surface area contributed by atoms with Crippen LogP contribution >= 0.6 is 0 Å². The van der Waals surface area contributed by atoms with Crippen molar-refractivity contribution in [3.8, 4) is 0 Å². The number of carbonyl (C=O) groups is 1. The second-order valence-corrected chi connectivity index (χ2v) is 6.27. The summed E-state index contributed by atoms with van der Waals surface area (Å²) in [5.41, 5.74) is 7.07. The first-order valence-corrected chi connectivity index (χ1v) is 8.08. The minimum Gasteiger partial charge on any atom is -0.355 e. The van der Waals surface area contributed by atoms with Gasteiger partial charge in [0.25, 0.3) is 0 Å². The van der Waals surface area contributed by atoms with Crippen LogP contribution in [0.25, 0.3) is 0 Å². The summed E-state index contributed by atoms with van der Waals surface area (Å²) in [6, 6.07) is 6.23. The maximum absolute atomic E-state index is 12.0. The molecule has 0 fully saturated rings. The Morgan fingerprint density at radius 2 is 1.80 bits per heavy atom. The van der Waals surface area contributed by atoms with Gasteiger partial charge in [0.1, 0.15) is 0 Å². The Morgan fingerprint density at radius 1 is 1.25 bits per heavy atom. The van der Waals surface area contributed by atoms with Gasteiger partial charge in [-0.25, -0.2) is 13.1 Å². The van der Waals surface area contributed by atoms with E-state index in [9.17, 15) is 13.2 Å². The summed E-state index contributed by atoms with van der Waals surface area (Å²) in [5.74, 6) is -0.503. The van der Waals surface area contributed by atoms with E-state index in [0.29, 0.717) is 18.7 Å². The molecule has 0 aliphatic carbocycles. The second kappa shape index (κ2) is 7.37. The fourth-order valence-electron chi connectivity index (χ4n) is 1.68. The molecule has 20 heavy (non-hydrogen) atoms. The highest BCUT2D eigenvalue weighted by Gasteiger charge is 2.19. The second-order valence-electron chi connectivity index (χ2n) is 4.51. The number of nitrogens with one attached hydrogen (secondary N) is 2. The molecule has 0 radical (unpaired) electrons. The van der Waals surface area contributed by atoms with Gasteiger partial charge in [0, 0.05) is 13.1 Å². The topological polar surface area (TPSA) is 101 Å². The summed E-state index contributed by atoms with van der Waals surface area (Å²) < 4.78 is 26.3. The van der Waals surface area contributed by atoms with Gasteiger partial charge in [0.2, 0.25) is 15.9 Å². The van der Waals surface area contributed by atoms with Crippen LogP contribution in [0.4, 0.5) is 0 Å². The van der Waals surface area contributed by atoms with Gasteiger partial charge >= 0.3 is 0 Å². The van der Waals surface area contributed by atoms with Crippen molar-refractivity contribution in [1.29, 1.82) is 0 Å². The number of amides is 1. The average Bonchev–Trinajstić information content (AvgIpc) is 2.38. The molecule has 0 spiro atoms. The first kappa shape index (κ1) is 16.6. The molecule has 0 aliphatic heterocycles. The van der Waals surface area contributed by atoms with Gasteiger partial charge in [-0.1, -0.05) is 24.3 Å². The molecule has 1 atom stereocenters. The monoisotopic (exact) mass is 299 g/mol. The van der Waals surface area contributed by atoms with Crippen molar-refractivity contribution in [2.75, 3.05) is 6.54 Å². The van der Waals surface area contributed by atoms with Gasteiger partial charge < -0.3 is 11.1 Å². The minimum absolute atomic E-state index is 0.165. The van der Waals surface area contributed by atoms with Crippen LogP contribution in [0.1, 0.15) is 25.0 Å². The summed E-state index contributed by atoms with van der Waals surface area (Å²) >= 11 is 0. The Labute approximate surface area is 119 Å². The number of sulfonamides is 1. The fourth-order valence-corrected chi connectivity index (χ4v) is 3.04. The van der Waals surface area contributed by atoms with Gasteiger partial charge in [0.05, 0.1) is 11.8 Å². The van der Waals surface area contributed by atoms with E-state index in [-0.39, 0.29) is 11.7 Å². The fraction of sp³-hybridized carbons (Fsp3) is 0.462. The molecule has 0 aromatic heterocycles. The average molecular weight is 299 g/mol. The van der Waals surface area contributed by atoms with E-state index in [4.69, 9.17) is 5.73 Å². The first-order chi connectivity index (χ1) is 9.38. The number of hydrogen-bond donors (Lipinski definition) is 3. The largest absolute Gasteiger partial charge is 0.355 e. The van der Waals surface area contributed by atoms with Crippen molar-refractivity contribution in [1.82, 2.24) is 10.0 Å². The Bertz CT molecular complexity index is 540. The highest BCUT2D eigenvalue weighted by atomic mass is 32.2. The minimum atomic E-state index is -3.56. The number of benzene rings is 1. The summed E-state index contributed by atoms with van der Waals surface area (Å²) in [7, 11) is -3.56. The zero-order valence-corrected chi connectivity index (χ0v) is 12.5. The highest BCUT2D eigenvalue weighted by Crippen LogP contribution is 2.08. The lowest BCUT2D eigenvalue weighted by Crippen LogP contribution is -2.45. The van der Waals surface area contributed by atoms with Gasteiger partial charge in [0.15, 0.2) is 0 Å². The molecular formula is C13H21N3O3S. The molecule has 1 rings (SSSR count). The van der Waals surface area contributed by atoms with Crippen molar-refractivity contribution >= 4 is 15.9 Å². The molecule has 1 aromatic rings. The van der Waals surface area contributed by atoms with Gasteiger partial charge in [-0.15, -0.1) is 0 Å². The van der Waals surface area contributed by atoms with Crippen LogP contribution < -0.4 is 15.8 Å². The molecule has 0 aliphatic rings. The third kappa shape index (κ3) is 5.28. The Hall–Kier alpha value is -1.44. The number of rotatable bonds is 7. The Balaban J connectivity index is 2.66. The molecule has 4 N–H and O–H groups in total. The van der Waals surface area contributed by atoms with Crippen LogP contribution in [0.5, 0.6) is 0 Å². The summed E-state index contributed by atoms with van der Waals surface area (Å²) in [4.78, 5) is 11.5. The van der Waals surface area contributed by atoms with E-state index in [1.54, 1.807) is 31.2 Å². The zero-order valence-electron chi connectivity index (χ0n) is 11.7. The van der Waals surface area contributed by atoms with E-state index in [0.717, 1.165) is 5.56 Å². The van der Waals surface area contributed by atoms with E-state index < -0.39 is 16.1 Å². The lowest BCUT2D eigenvalue weighted by atomic mass is 10.1. The predicted molar refractivity (Wildman–Crippen MR) is 78.2 cm³/mol. The van der Waals surface area contributed by atoms with Crippen molar-refractivity contribution in [3.63, 3.8) is 0 Å². The number of nitrogens with two attached hydrogens (primary N) is 1. The molecule has 7 heteroatoms. The van der Waals surface area contributed by atoms with Crippen molar-refractivity contribution in [2.45, 2.75) is 32.2 Å². The van der Waals surface area contributed by atoms with Crippen LogP contribution in [-0.4, -0.2) is 26.9 Å². The number of carbonyl (C=O) groups excluding carboxylic acids is 1. The lowest BCUT2D eigenvalue weighted by Gasteiger charge is -2.13. The number of likely N-dealkylation sites (N-methyl/N-ethyl adjacent to an activating group) is 1. The quantitative estimate of drug-likeness (QED) is 0.664. The normalized spacial score (nSPS) is 12.9. The van der Waals surface area contributed by atoms with Gasteiger partial charge in [-0.2, -0.15) is 0 Å². The standard InChI is InChI=1S/C13H21N3O3S/c1-3-15-13(17)10(2)16-20(18,19)9-12-6-4-11(8-14)5-7-12/h4-7,10,16H,3,8-9,14H2,1-2H3,(H,15,17). The van der Waals surface area contributed by atoms with Crippen molar-refractivity contribution < 1.29 is 13.2 Å². The van der Waals surface area contributed by atoms with Crippen molar-refractivity contribution in [2.24, 2.45) is 5.73 Å². The predicted octanol–water partition coefficient (Wildman–Crippen LogP) is 0.0893. The van der Waals surface area contributed by atoms with Crippen LogP contribution in [0, 0.1) is 0 Å². The zero-order chi connectivity index (χ0) is 15.2. The van der Waals surface area contributed by atoms with E-state index >= 15 is 0 Å². The third-order valence-corrected chi connectivity index (χ3v) is 4.14. The van der Waals surface area contributed by atoms with Crippen LogP contribution in [0.2, 0.25) is 0 Å². The van der Waals surface area contributed by atoms with Crippen molar-refractivity contribution in [3.05, 3.63) is 35.4 Å². The van der Waals surface area contributed by atoms with E-state index in [2.05, 4.69) is 10.0 Å². The molecule has 112 valence electrons. The number of hydrogen-bond acceptors (Lipinski definition) is 4. The maximum atomic E-state index is 12.0. The lowest BCUT2D eigenvalue weighted by molar-refractivity contribution is -0.122. The summed E-state index contributed by atoms with van der Waals surface area (Å²) in [6.07, 6.45) is 0. The molecule has 0 bridgehead atoms. The molecule has 1 amide bonds. The Kier molecular flexibility index (Phi) is 6.12. The molecule has 6 nitrogen and oxygen atoms in total. The molecule has 0 saturated heterocycles. The summed E-state index contributed by atoms with van der Waals surface area (Å²) in [5, 5.41) is 2.57. The molecule has 0 saturated carbocycles. The SMILES string of the molecule is CCNC(=O)C(C)NS(=O)(=O)Cc1ccc(CN)cc1. The summed E-state index contributed by atoms with van der Waals surface area (Å²) in [6.45, 7) is 4.17. The van der Waals surface area contributed by atoms with Gasteiger partial charge in [-0.3, -0.25) is 4.79 Å². The van der Waals surface area contributed by atoms with Crippen LogP contribution in [0.15, 0.2) is 24.3 Å². The van der Waals surface area contributed by atoms with Gasteiger partial charge in [-0.05, 0) is 25.0 Å². The van der Waals surface area contributed by atoms with Crippen LogP contribution in [-0.2, 0) is 27.1 Å². The van der Waals surface area contributed by atoms with E-state index in [1.807, 2.05) is 0 Å². The molecular weight excluding hydrogens is 278 g/mol. The smallest absolute Gasteiger partial charge is 0.237 e. The molecule has 1 unspecified atom stereocenters. The van der Waals surface area contributed by atoms with Crippen LogP contribution in [0.3, 0.4) is 0 Å².